The summed E-state index contributed by atoms with van der Waals surface area (Å²) in [7, 11) is 0. The lowest BCUT2D eigenvalue weighted by atomic mass is 9.65. The van der Waals surface area contributed by atoms with E-state index in [9.17, 15) is 0 Å². The molecular weight excluding hydrogens is 836 g/mol. The summed E-state index contributed by atoms with van der Waals surface area (Å²) in [6.45, 7) is 18.9. The molecule has 350 valence electrons. The van der Waals surface area contributed by atoms with Gasteiger partial charge in [0.05, 0.1) is 0 Å². The molecule has 4 unspecified atom stereocenters. The normalized spacial score (nSPS) is 19.1. The highest BCUT2D eigenvalue weighted by molar-refractivity contribution is 6.31. The van der Waals surface area contributed by atoms with Crippen LogP contribution in [0.5, 0.6) is 0 Å². The maximum absolute atomic E-state index is 6.94. The second-order valence-electron chi connectivity index (χ2n) is 20.5. The molecule has 5 aromatic rings. The average molecular weight is 916 g/mol. The summed E-state index contributed by atoms with van der Waals surface area (Å²) in [5.41, 5.74) is 12.7. The molecule has 1 heterocycles. The average Bonchev–Trinajstić information content (AvgIpc) is 3.99. The molecule has 0 bridgehead atoms. The molecule has 7 rings (SSSR count). The minimum absolute atomic E-state index is 0.139. The molecule has 0 N–H and O–H groups in total. The van der Waals surface area contributed by atoms with E-state index in [1.807, 2.05) is 0 Å². The van der Waals surface area contributed by atoms with Crippen molar-refractivity contribution in [2.45, 2.75) is 195 Å². The fourth-order valence-corrected chi connectivity index (χ4v) is 12.8. The lowest BCUT2D eigenvalue weighted by Gasteiger charge is -2.39. The van der Waals surface area contributed by atoms with Crippen molar-refractivity contribution < 1.29 is 4.42 Å². The van der Waals surface area contributed by atoms with Crippen LogP contribution in [0.4, 0.5) is 0 Å². The van der Waals surface area contributed by atoms with E-state index in [0.717, 1.165) is 46.9 Å². The molecule has 1 aromatic heterocycles. The van der Waals surface area contributed by atoms with Gasteiger partial charge < -0.3 is 4.42 Å². The summed E-state index contributed by atoms with van der Waals surface area (Å²) in [6, 6.07) is 27.3. The zero-order valence-electron chi connectivity index (χ0n) is 41.4. The Labute approximate surface area is 404 Å². The van der Waals surface area contributed by atoms with Gasteiger partial charge in [-0.15, -0.1) is 10.2 Å². The van der Waals surface area contributed by atoms with Gasteiger partial charge in [0.25, 0.3) is 0 Å². The SMILES string of the molecule is CCCCC(CC)CC1(CC(CC)CCCC)c2cc(Cl)ccc2-c2ccc(-c3nnc(-c4ccc5c(c4)C(CC(CC)CCCC)(CC(CC)CCCC)c4cc(Cl)ccc4-5)o3)cc21. The summed E-state index contributed by atoms with van der Waals surface area (Å²) in [4.78, 5) is 0. The number of unbranched alkanes of at least 4 members (excludes halogenated alkanes) is 4. The van der Waals surface area contributed by atoms with Crippen molar-refractivity contribution in [1.29, 1.82) is 0 Å². The first kappa shape index (κ1) is 49.5. The van der Waals surface area contributed by atoms with Crippen LogP contribution in [-0.4, -0.2) is 10.2 Å². The molecule has 0 radical (unpaired) electrons. The van der Waals surface area contributed by atoms with E-state index in [1.165, 1.54) is 147 Å². The van der Waals surface area contributed by atoms with Crippen molar-refractivity contribution >= 4 is 23.2 Å². The molecule has 0 saturated carbocycles. The van der Waals surface area contributed by atoms with E-state index in [4.69, 9.17) is 37.8 Å². The first-order valence-corrected chi connectivity index (χ1v) is 27.1. The third-order valence-corrected chi connectivity index (χ3v) is 16.8. The van der Waals surface area contributed by atoms with Crippen molar-refractivity contribution in [3.63, 3.8) is 0 Å². The molecule has 65 heavy (non-hydrogen) atoms. The van der Waals surface area contributed by atoms with Gasteiger partial charge in [0.15, 0.2) is 0 Å². The smallest absolute Gasteiger partial charge is 0.248 e. The van der Waals surface area contributed by atoms with Gasteiger partial charge in [-0.2, -0.15) is 0 Å². The fraction of sp³-hybridized carbons (Fsp3) is 0.567. The Bertz CT molecular complexity index is 2130. The molecule has 2 aliphatic carbocycles. The van der Waals surface area contributed by atoms with Crippen LogP contribution in [0.2, 0.25) is 10.0 Å². The van der Waals surface area contributed by atoms with E-state index in [-0.39, 0.29) is 10.8 Å². The van der Waals surface area contributed by atoms with E-state index in [1.54, 1.807) is 0 Å². The number of halogens is 2. The Morgan fingerprint density at radius 1 is 0.415 bits per heavy atom. The third kappa shape index (κ3) is 10.4. The Balaban J connectivity index is 1.33. The predicted molar refractivity (Wildman–Crippen MR) is 279 cm³/mol. The summed E-state index contributed by atoms with van der Waals surface area (Å²) in [5.74, 6) is 3.68. The van der Waals surface area contributed by atoms with Crippen LogP contribution in [0, 0.1) is 23.7 Å². The Kier molecular flexibility index (Phi) is 17.2. The van der Waals surface area contributed by atoms with Crippen molar-refractivity contribution in [3.05, 3.63) is 105 Å². The van der Waals surface area contributed by atoms with Crippen LogP contribution in [0.3, 0.4) is 0 Å². The second-order valence-corrected chi connectivity index (χ2v) is 21.3. The lowest BCUT2D eigenvalue weighted by molar-refractivity contribution is 0.266. The summed E-state index contributed by atoms with van der Waals surface area (Å²) >= 11 is 13.9. The van der Waals surface area contributed by atoms with Crippen molar-refractivity contribution in [1.82, 2.24) is 10.2 Å². The monoisotopic (exact) mass is 915 g/mol. The largest absolute Gasteiger partial charge is 0.416 e. The van der Waals surface area contributed by atoms with Crippen LogP contribution in [0.1, 0.15) is 206 Å². The minimum Gasteiger partial charge on any atom is -0.416 e. The zero-order valence-corrected chi connectivity index (χ0v) is 43.0. The summed E-state index contributed by atoms with van der Waals surface area (Å²) in [6.07, 6.45) is 24.2. The van der Waals surface area contributed by atoms with Crippen molar-refractivity contribution in [3.8, 4) is 45.2 Å². The van der Waals surface area contributed by atoms with Gasteiger partial charge in [-0.1, -0.05) is 206 Å². The maximum Gasteiger partial charge on any atom is 0.248 e. The van der Waals surface area contributed by atoms with Crippen LogP contribution in [-0.2, 0) is 10.8 Å². The molecule has 2 aliphatic rings. The zero-order chi connectivity index (χ0) is 46.1. The molecule has 4 aromatic carbocycles. The fourth-order valence-electron chi connectivity index (χ4n) is 12.4. The summed E-state index contributed by atoms with van der Waals surface area (Å²) < 4.78 is 6.86. The second kappa shape index (κ2) is 22.6. The molecule has 0 fully saturated rings. The number of hydrogen-bond acceptors (Lipinski definition) is 3. The van der Waals surface area contributed by atoms with Gasteiger partial charge in [0.1, 0.15) is 0 Å². The van der Waals surface area contributed by atoms with Crippen LogP contribution in [0.15, 0.2) is 77.2 Å². The molecular formula is C60H80Cl2N2O. The molecule has 0 spiro atoms. The number of aromatic nitrogens is 2. The highest BCUT2D eigenvalue weighted by Gasteiger charge is 2.47. The van der Waals surface area contributed by atoms with E-state index < -0.39 is 0 Å². The molecule has 0 amide bonds. The van der Waals surface area contributed by atoms with E-state index in [0.29, 0.717) is 35.5 Å². The Hall–Kier alpha value is -3.40. The number of benzene rings is 4. The molecule has 0 saturated heterocycles. The number of rotatable bonds is 26. The van der Waals surface area contributed by atoms with Crippen LogP contribution >= 0.6 is 23.2 Å². The van der Waals surface area contributed by atoms with E-state index >= 15 is 0 Å². The highest BCUT2D eigenvalue weighted by Crippen LogP contribution is 2.59. The quantitative estimate of drug-likeness (QED) is 0.0555. The van der Waals surface area contributed by atoms with Gasteiger partial charge >= 0.3 is 0 Å². The summed E-state index contributed by atoms with van der Waals surface area (Å²) in [5, 5.41) is 11.4. The molecule has 5 heteroatoms. The van der Waals surface area contributed by atoms with Gasteiger partial charge in [-0.05, 0) is 142 Å². The molecule has 3 nitrogen and oxygen atoms in total. The number of nitrogens with zero attached hydrogens (tertiary/aromatic N) is 2. The van der Waals surface area contributed by atoms with Crippen molar-refractivity contribution in [2.75, 3.05) is 0 Å². The maximum atomic E-state index is 6.94. The first-order valence-electron chi connectivity index (χ1n) is 26.4. The van der Waals surface area contributed by atoms with Crippen LogP contribution in [0.25, 0.3) is 45.2 Å². The van der Waals surface area contributed by atoms with Gasteiger partial charge in [-0.3, -0.25) is 0 Å². The topological polar surface area (TPSA) is 38.9 Å². The van der Waals surface area contributed by atoms with Crippen molar-refractivity contribution in [2.24, 2.45) is 23.7 Å². The predicted octanol–water partition coefficient (Wildman–Crippen LogP) is 19.7. The Morgan fingerprint density at radius 3 is 1.00 bits per heavy atom. The first-order chi connectivity index (χ1) is 31.6. The van der Waals surface area contributed by atoms with Gasteiger partial charge in [0.2, 0.25) is 11.8 Å². The lowest BCUT2D eigenvalue weighted by Crippen LogP contribution is -2.31. The van der Waals surface area contributed by atoms with Gasteiger partial charge in [-0.25, -0.2) is 0 Å². The Morgan fingerprint density at radius 2 is 0.708 bits per heavy atom. The number of fused-ring (bicyclic) bond motifs is 6. The minimum atomic E-state index is -0.139. The van der Waals surface area contributed by atoms with Gasteiger partial charge in [0, 0.05) is 32.0 Å². The highest BCUT2D eigenvalue weighted by atomic mass is 35.5. The molecule has 0 aliphatic heterocycles. The standard InChI is InChI=1S/C60H80Cl2N2O/c1-9-17-21-41(13-5)37-59(38-42(14-6)22-18-10-2)53-33-45(25-29-49(53)51-31-27-47(61)35-55(51)59)57-63-64-58(65-57)46-26-30-50-52-32-28-48(62)36-56(52)60(54(50)34-46,39-43(15-7)23-19-11-3)40-44(16-8)24-20-12-4/h25-36,41-44H,9-24,37-40H2,1-8H3. The number of hydrogen-bond donors (Lipinski definition) is 0. The van der Waals surface area contributed by atoms with E-state index in [2.05, 4.69) is 128 Å². The third-order valence-electron chi connectivity index (χ3n) is 16.3. The molecule has 4 atom stereocenters. The van der Waals surface area contributed by atoms with Crippen LogP contribution < -0.4 is 0 Å².